The van der Waals surface area contributed by atoms with Gasteiger partial charge in [0.05, 0.1) is 5.56 Å². The van der Waals surface area contributed by atoms with Gasteiger partial charge in [-0.25, -0.2) is 0 Å². The van der Waals surface area contributed by atoms with Gasteiger partial charge in [0.15, 0.2) is 0 Å². The number of hydrogen-bond donors (Lipinski definition) is 1. The first-order chi connectivity index (χ1) is 7.91. The van der Waals surface area contributed by atoms with E-state index in [9.17, 15) is 4.79 Å². The monoisotopic (exact) mass is 409 g/mol. The van der Waals surface area contributed by atoms with Crippen LogP contribution in [0.5, 0.6) is 0 Å². The fraction of sp³-hybridized carbons (Fsp3) is 0.462. The molecule has 2 nitrogen and oxygen atoms in total. The summed E-state index contributed by atoms with van der Waals surface area (Å²) < 4.78 is 1.90. The molecule has 0 unspecified atom stereocenters. The normalized spacial score (nSPS) is 11.4. The summed E-state index contributed by atoms with van der Waals surface area (Å²) in [6, 6.07) is 5.78. The third kappa shape index (κ3) is 3.95. The molecule has 94 valence electrons. The quantitative estimate of drug-likeness (QED) is 0.735. The number of carbonyl (C=O) groups is 1. The van der Waals surface area contributed by atoms with Crippen molar-refractivity contribution in [2.24, 2.45) is 0 Å². The molecule has 4 heteroatoms. The zero-order valence-corrected chi connectivity index (χ0v) is 14.1. The van der Waals surface area contributed by atoms with Gasteiger partial charge in [0.1, 0.15) is 0 Å². The van der Waals surface area contributed by atoms with Crippen molar-refractivity contribution >= 4 is 44.4 Å². The fourth-order valence-corrected chi connectivity index (χ4v) is 2.36. The maximum atomic E-state index is 12.2. The van der Waals surface area contributed by atoms with Gasteiger partial charge in [0.25, 0.3) is 5.91 Å². The van der Waals surface area contributed by atoms with Crippen LogP contribution in [0.1, 0.15) is 44.0 Å². The second kappa shape index (κ2) is 6.18. The molecule has 0 radical (unpaired) electrons. The molecule has 0 atom stereocenters. The molecule has 1 aromatic rings. The molecule has 17 heavy (non-hydrogen) atoms. The second-order valence-electron chi connectivity index (χ2n) is 4.35. The van der Waals surface area contributed by atoms with Gasteiger partial charge in [-0.05, 0) is 76.5 Å². The maximum absolute atomic E-state index is 12.2. The van der Waals surface area contributed by atoms with Crippen LogP contribution in [-0.4, -0.2) is 11.4 Å². The fourth-order valence-electron chi connectivity index (χ4n) is 1.44. The lowest BCUT2D eigenvalue weighted by atomic mass is 9.95. The van der Waals surface area contributed by atoms with Crippen LogP contribution in [0.2, 0.25) is 0 Å². The largest absolute Gasteiger partial charge is 0.347 e. The highest BCUT2D eigenvalue weighted by Crippen LogP contribution is 2.21. The van der Waals surface area contributed by atoms with Gasteiger partial charge in [-0.15, -0.1) is 0 Å². The molecule has 0 saturated heterocycles. The van der Waals surface area contributed by atoms with Crippen molar-refractivity contribution in [3.8, 4) is 0 Å². The minimum Gasteiger partial charge on any atom is -0.347 e. The van der Waals surface area contributed by atoms with E-state index in [1.807, 2.05) is 18.2 Å². The highest BCUT2D eigenvalue weighted by Gasteiger charge is 2.23. The van der Waals surface area contributed by atoms with Gasteiger partial charge in [-0.2, -0.15) is 0 Å². The van der Waals surface area contributed by atoms with E-state index in [0.29, 0.717) is 5.56 Å². The number of amides is 1. The average molecular weight is 410 g/mol. The Kier molecular flexibility index (Phi) is 5.44. The SMILES string of the molecule is CCC(C)(CC)NC(=O)c1cc(I)ccc1Br. The Morgan fingerprint density at radius 2 is 2.00 bits per heavy atom. The highest BCUT2D eigenvalue weighted by atomic mass is 127. The Labute approximate surface area is 125 Å². The summed E-state index contributed by atoms with van der Waals surface area (Å²) in [5.41, 5.74) is 0.572. The molecule has 1 aromatic carbocycles. The summed E-state index contributed by atoms with van der Waals surface area (Å²) in [7, 11) is 0. The predicted octanol–water partition coefficient (Wildman–Crippen LogP) is 4.36. The molecule has 0 heterocycles. The molecule has 0 aliphatic rings. The second-order valence-corrected chi connectivity index (χ2v) is 6.45. The van der Waals surface area contributed by atoms with Crippen molar-refractivity contribution in [1.82, 2.24) is 5.32 Å². The van der Waals surface area contributed by atoms with Crippen LogP contribution in [0.15, 0.2) is 22.7 Å². The first-order valence-electron chi connectivity index (χ1n) is 5.69. The van der Waals surface area contributed by atoms with E-state index in [1.165, 1.54) is 0 Å². The van der Waals surface area contributed by atoms with E-state index in [0.717, 1.165) is 20.9 Å². The van der Waals surface area contributed by atoms with Crippen LogP contribution in [0.25, 0.3) is 0 Å². The van der Waals surface area contributed by atoms with Crippen molar-refractivity contribution < 1.29 is 4.79 Å². The van der Waals surface area contributed by atoms with Crippen molar-refractivity contribution in [2.45, 2.75) is 39.2 Å². The van der Waals surface area contributed by atoms with Crippen molar-refractivity contribution in [3.63, 3.8) is 0 Å². The van der Waals surface area contributed by atoms with Crippen molar-refractivity contribution in [1.29, 1.82) is 0 Å². The molecule has 1 amide bonds. The molecule has 0 aromatic heterocycles. The van der Waals surface area contributed by atoms with Crippen LogP contribution in [-0.2, 0) is 0 Å². The number of halogens is 2. The number of nitrogens with one attached hydrogen (secondary N) is 1. The Morgan fingerprint density at radius 1 is 1.41 bits per heavy atom. The van der Waals surface area contributed by atoms with Gasteiger partial charge in [-0.1, -0.05) is 13.8 Å². The average Bonchev–Trinajstić information content (AvgIpc) is 2.32. The molecule has 0 aliphatic heterocycles. The third-order valence-corrected chi connectivity index (χ3v) is 4.51. The minimum atomic E-state index is -0.127. The Bertz CT molecular complexity index is 416. The first kappa shape index (κ1) is 15.0. The molecule has 0 aliphatic carbocycles. The van der Waals surface area contributed by atoms with E-state index >= 15 is 0 Å². The molecule has 0 fully saturated rings. The van der Waals surface area contributed by atoms with Crippen LogP contribution in [0.4, 0.5) is 0 Å². The Balaban J connectivity index is 2.94. The lowest BCUT2D eigenvalue weighted by Gasteiger charge is -2.28. The molecular formula is C13H17BrINO. The first-order valence-corrected chi connectivity index (χ1v) is 7.56. The minimum absolute atomic E-state index is 0.0124. The van der Waals surface area contributed by atoms with E-state index in [4.69, 9.17) is 0 Å². The highest BCUT2D eigenvalue weighted by molar-refractivity contribution is 14.1. The number of rotatable bonds is 4. The van der Waals surface area contributed by atoms with Crippen molar-refractivity contribution in [3.05, 3.63) is 31.8 Å². The van der Waals surface area contributed by atoms with Gasteiger partial charge in [0.2, 0.25) is 0 Å². The molecule has 1 rings (SSSR count). The summed E-state index contributed by atoms with van der Waals surface area (Å²) in [5, 5.41) is 3.10. The van der Waals surface area contributed by atoms with Gasteiger partial charge >= 0.3 is 0 Å². The summed E-state index contributed by atoms with van der Waals surface area (Å²) in [6.45, 7) is 6.26. The van der Waals surface area contributed by atoms with Gasteiger partial charge in [-0.3, -0.25) is 4.79 Å². The number of hydrogen-bond acceptors (Lipinski definition) is 1. The van der Waals surface area contributed by atoms with E-state index in [1.54, 1.807) is 0 Å². The Morgan fingerprint density at radius 3 is 2.53 bits per heavy atom. The third-order valence-electron chi connectivity index (χ3n) is 3.15. The van der Waals surface area contributed by atoms with E-state index < -0.39 is 0 Å². The number of benzene rings is 1. The number of carbonyl (C=O) groups excluding carboxylic acids is 1. The predicted molar refractivity (Wildman–Crippen MR) is 83.3 cm³/mol. The zero-order valence-electron chi connectivity index (χ0n) is 10.3. The van der Waals surface area contributed by atoms with E-state index in [-0.39, 0.29) is 11.4 Å². The van der Waals surface area contributed by atoms with Crippen LogP contribution in [0.3, 0.4) is 0 Å². The molecule has 0 spiro atoms. The van der Waals surface area contributed by atoms with E-state index in [2.05, 4.69) is 64.6 Å². The summed E-state index contributed by atoms with van der Waals surface area (Å²) in [4.78, 5) is 12.2. The van der Waals surface area contributed by atoms with Crippen LogP contribution >= 0.6 is 38.5 Å². The topological polar surface area (TPSA) is 29.1 Å². The lowest BCUT2D eigenvalue weighted by Crippen LogP contribution is -2.45. The molecule has 0 bridgehead atoms. The zero-order chi connectivity index (χ0) is 13.1. The summed E-state index contributed by atoms with van der Waals surface area (Å²) in [5.74, 6) is -0.0124. The lowest BCUT2D eigenvalue weighted by molar-refractivity contribution is 0.0900. The van der Waals surface area contributed by atoms with Crippen molar-refractivity contribution in [2.75, 3.05) is 0 Å². The van der Waals surface area contributed by atoms with Crippen LogP contribution in [0, 0.1) is 3.57 Å². The molecule has 0 saturated carbocycles. The van der Waals surface area contributed by atoms with Crippen LogP contribution < -0.4 is 5.32 Å². The smallest absolute Gasteiger partial charge is 0.252 e. The Hall–Kier alpha value is -0.100. The maximum Gasteiger partial charge on any atom is 0.252 e. The molecule has 1 N–H and O–H groups in total. The van der Waals surface area contributed by atoms with Gasteiger partial charge < -0.3 is 5.32 Å². The summed E-state index contributed by atoms with van der Waals surface area (Å²) >= 11 is 5.63. The summed E-state index contributed by atoms with van der Waals surface area (Å²) in [6.07, 6.45) is 1.85. The van der Waals surface area contributed by atoms with Gasteiger partial charge in [0, 0.05) is 13.6 Å². The molecular weight excluding hydrogens is 393 g/mol. The standard InChI is InChI=1S/C13H17BrINO/c1-4-13(3,5-2)16-12(17)10-8-9(15)6-7-11(10)14/h6-8H,4-5H2,1-3H3,(H,16,17).